The fourth-order valence-electron chi connectivity index (χ4n) is 0.921. The minimum atomic E-state index is -1.08. The molecule has 0 bridgehead atoms. The average Bonchev–Trinajstić information content (AvgIpc) is 2.39. The summed E-state index contributed by atoms with van der Waals surface area (Å²) in [6, 6.07) is 0. The highest BCUT2D eigenvalue weighted by molar-refractivity contribution is 6.01. The second kappa shape index (κ2) is 3.18. The largest absolute Gasteiger partial charge is 0.477 e. The van der Waals surface area contributed by atoms with E-state index >= 15 is 0 Å². The van der Waals surface area contributed by atoms with Crippen LogP contribution in [0.2, 0.25) is 0 Å². The van der Waals surface area contributed by atoms with Crippen LogP contribution in [0.15, 0.2) is 16.8 Å². The fourth-order valence-corrected chi connectivity index (χ4v) is 0.921. The number of nitrogens with zero attached hydrogens (tertiary/aromatic N) is 1. The fraction of sp³-hybridized carbons (Fsp3) is 0.429. The predicted molar refractivity (Wildman–Crippen MR) is 41.4 cm³/mol. The Hall–Kier alpha value is -1.32. The van der Waals surface area contributed by atoms with Gasteiger partial charge in [0.15, 0.2) is 0 Å². The molecule has 0 saturated carbocycles. The molecule has 0 amide bonds. The van der Waals surface area contributed by atoms with Gasteiger partial charge in [0.05, 0.1) is 0 Å². The third-order valence-electron chi connectivity index (χ3n) is 1.47. The first-order chi connectivity index (χ1) is 5.20. The van der Waals surface area contributed by atoms with E-state index in [1.807, 2.05) is 0 Å². The van der Waals surface area contributed by atoms with Crippen molar-refractivity contribution in [2.45, 2.75) is 12.8 Å². The summed E-state index contributed by atoms with van der Waals surface area (Å²) in [6.07, 6.45) is 3.27. The van der Waals surface area contributed by atoms with E-state index < -0.39 is 5.97 Å². The van der Waals surface area contributed by atoms with Gasteiger partial charge < -0.3 is 10.8 Å². The topological polar surface area (TPSA) is 75.7 Å². The molecule has 4 heteroatoms. The normalized spacial score (nSPS) is 18.2. The molecule has 0 aliphatic carbocycles. The van der Waals surface area contributed by atoms with Gasteiger partial charge in [0.25, 0.3) is 0 Å². The van der Waals surface area contributed by atoms with E-state index in [2.05, 4.69) is 4.99 Å². The highest BCUT2D eigenvalue weighted by Gasteiger charge is 2.06. The second-order valence-corrected chi connectivity index (χ2v) is 2.38. The molecule has 0 atom stereocenters. The van der Waals surface area contributed by atoms with Gasteiger partial charge in [-0.3, -0.25) is 4.99 Å². The van der Waals surface area contributed by atoms with E-state index in [1.54, 1.807) is 0 Å². The van der Waals surface area contributed by atoms with Crippen LogP contribution in [0.1, 0.15) is 12.8 Å². The van der Waals surface area contributed by atoms with Crippen LogP contribution in [-0.2, 0) is 4.79 Å². The highest BCUT2D eigenvalue weighted by atomic mass is 16.4. The number of carboxylic acids is 1. The molecule has 0 saturated heterocycles. The first kappa shape index (κ1) is 7.78. The third kappa shape index (κ3) is 2.07. The van der Waals surface area contributed by atoms with Gasteiger partial charge in [0.2, 0.25) is 0 Å². The molecule has 0 aromatic heterocycles. The molecule has 0 aromatic rings. The Labute approximate surface area is 64.4 Å². The Kier molecular flexibility index (Phi) is 2.25. The summed E-state index contributed by atoms with van der Waals surface area (Å²) < 4.78 is 0. The average molecular weight is 154 g/mol. The van der Waals surface area contributed by atoms with Crippen LogP contribution in [0.3, 0.4) is 0 Å². The SMILES string of the molecule is NC(=CC1=NCCC1)C(=O)O. The third-order valence-corrected chi connectivity index (χ3v) is 1.47. The number of nitrogens with two attached hydrogens (primary N) is 1. The molecule has 4 nitrogen and oxygen atoms in total. The lowest BCUT2D eigenvalue weighted by molar-refractivity contribution is -0.132. The Bertz CT molecular complexity index is 231. The van der Waals surface area contributed by atoms with E-state index in [-0.39, 0.29) is 5.70 Å². The van der Waals surface area contributed by atoms with Crippen LogP contribution >= 0.6 is 0 Å². The van der Waals surface area contributed by atoms with E-state index in [9.17, 15) is 4.79 Å². The second-order valence-electron chi connectivity index (χ2n) is 2.38. The molecule has 1 heterocycles. The Morgan fingerprint density at radius 3 is 2.91 bits per heavy atom. The molecule has 1 aliphatic heterocycles. The molecule has 1 rings (SSSR count). The number of rotatable bonds is 2. The summed E-state index contributed by atoms with van der Waals surface area (Å²) in [4.78, 5) is 14.3. The monoisotopic (exact) mass is 154 g/mol. The number of carboxylic acid groups (broad SMARTS) is 1. The maximum absolute atomic E-state index is 10.2. The lowest BCUT2D eigenvalue weighted by Crippen LogP contribution is -2.11. The van der Waals surface area contributed by atoms with Crippen molar-refractivity contribution in [2.24, 2.45) is 10.7 Å². The van der Waals surface area contributed by atoms with Crippen LogP contribution in [0, 0.1) is 0 Å². The molecular weight excluding hydrogens is 144 g/mol. The molecule has 11 heavy (non-hydrogen) atoms. The predicted octanol–water partition coefficient (Wildman–Crippen LogP) is 0.148. The summed E-state index contributed by atoms with van der Waals surface area (Å²) in [5.74, 6) is -1.08. The van der Waals surface area contributed by atoms with Gasteiger partial charge in [-0.2, -0.15) is 0 Å². The van der Waals surface area contributed by atoms with E-state index in [0.29, 0.717) is 0 Å². The Morgan fingerprint density at radius 2 is 2.45 bits per heavy atom. The lowest BCUT2D eigenvalue weighted by atomic mass is 10.2. The minimum absolute atomic E-state index is 0.134. The molecule has 60 valence electrons. The number of aliphatic imine (C=N–C) groups is 1. The quantitative estimate of drug-likeness (QED) is 0.556. The standard InChI is InChI=1S/C7H10N2O2/c8-6(7(10)11)4-5-2-1-3-9-5/h4H,1-3,8H2,(H,10,11). The maximum Gasteiger partial charge on any atom is 0.351 e. The van der Waals surface area contributed by atoms with Crippen LogP contribution in [0.25, 0.3) is 0 Å². The molecule has 0 radical (unpaired) electrons. The smallest absolute Gasteiger partial charge is 0.351 e. The zero-order valence-corrected chi connectivity index (χ0v) is 6.08. The van der Waals surface area contributed by atoms with Gasteiger partial charge in [0, 0.05) is 12.3 Å². The Balaban J connectivity index is 2.63. The van der Waals surface area contributed by atoms with Crippen LogP contribution in [-0.4, -0.2) is 23.3 Å². The Morgan fingerprint density at radius 1 is 1.73 bits per heavy atom. The summed E-state index contributed by atoms with van der Waals surface area (Å²) in [7, 11) is 0. The first-order valence-electron chi connectivity index (χ1n) is 3.44. The van der Waals surface area contributed by atoms with Gasteiger partial charge in [-0.25, -0.2) is 4.79 Å². The number of hydrogen-bond acceptors (Lipinski definition) is 3. The van der Waals surface area contributed by atoms with Crippen LogP contribution in [0.5, 0.6) is 0 Å². The van der Waals surface area contributed by atoms with E-state index in [0.717, 1.165) is 25.1 Å². The molecule has 1 aliphatic rings. The molecule has 0 spiro atoms. The summed E-state index contributed by atoms with van der Waals surface area (Å²) in [5, 5.41) is 8.39. The lowest BCUT2D eigenvalue weighted by Gasteiger charge is -1.92. The van der Waals surface area contributed by atoms with Crippen LogP contribution < -0.4 is 5.73 Å². The molecule has 0 unspecified atom stereocenters. The molecule has 3 N–H and O–H groups in total. The molecule has 0 fully saturated rings. The van der Waals surface area contributed by atoms with Gasteiger partial charge in [0.1, 0.15) is 5.70 Å². The molecule has 0 aromatic carbocycles. The zero-order chi connectivity index (χ0) is 8.27. The number of hydrogen-bond donors (Lipinski definition) is 2. The van der Waals surface area contributed by atoms with Crippen molar-refractivity contribution >= 4 is 11.7 Å². The van der Waals surface area contributed by atoms with Gasteiger partial charge in [-0.15, -0.1) is 0 Å². The minimum Gasteiger partial charge on any atom is -0.477 e. The first-order valence-corrected chi connectivity index (χ1v) is 3.44. The van der Waals surface area contributed by atoms with Gasteiger partial charge in [-0.05, 0) is 18.9 Å². The van der Waals surface area contributed by atoms with Crippen molar-refractivity contribution in [1.29, 1.82) is 0 Å². The van der Waals surface area contributed by atoms with Crippen molar-refractivity contribution in [3.8, 4) is 0 Å². The summed E-state index contributed by atoms with van der Waals surface area (Å²) in [5.41, 5.74) is 5.84. The number of allylic oxidation sites excluding steroid dienone is 1. The van der Waals surface area contributed by atoms with Crippen molar-refractivity contribution < 1.29 is 9.90 Å². The maximum atomic E-state index is 10.2. The summed E-state index contributed by atoms with van der Waals surface area (Å²) in [6.45, 7) is 0.790. The van der Waals surface area contributed by atoms with Crippen LogP contribution in [0.4, 0.5) is 0 Å². The molecular formula is C7H10N2O2. The van der Waals surface area contributed by atoms with E-state index in [1.165, 1.54) is 6.08 Å². The van der Waals surface area contributed by atoms with Crippen molar-refractivity contribution in [3.05, 3.63) is 11.8 Å². The number of aliphatic carboxylic acids is 1. The highest BCUT2D eigenvalue weighted by Crippen LogP contribution is 2.05. The van der Waals surface area contributed by atoms with E-state index in [4.69, 9.17) is 10.8 Å². The van der Waals surface area contributed by atoms with Crippen molar-refractivity contribution in [1.82, 2.24) is 0 Å². The van der Waals surface area contributed by atoms with Gasteiger partial charge >= 0.3 is 5.97 Å². The zero-order valence-electron chi connectivity index (χ0n) is 6.08. The number of carbonyl (C=O) groups is 1. The van der Waals surface area contributed by atoms with Gasteiger partial charge in [-0.1, -0.05) is 0 Å². The van der Waals surface area contributed by atoms with Crippen molar-refractivity contribution in [3.63, 3.8) is 0 Å². The van der Waals surface area contributed by atoms with Crippen molar-refractivity contribution in [2.75, 3.05) is 6.54 Å². The summed E-state index contributed by atoms with van der Waals surface area (Å²) >= 11 is 0.